The Labute approximate surface area is 198 Å². The number of amides is 2. The summed E-state index contributed by atoms with van der Waals surface area (Å²) in [7, 11) is 0. The molecule has 0 radical (unpaired) electrons. The Morgan fingerprint density at radius 2 is 2.03 bits per heavy atom. The van der Waals surface area contributed by atoms with Crippen LogP contribution in [0.5, 0.6) is 0 Å². The van der Waals surface area contributed by atoms with E-state index in [1.54, 1.807) is 29.2 Å². The minimum Gasteiger partial charge on any atom is -0.304 e. The summed E-state index contributed by atoms with van der Waals surface area (Å²) >= 11 is 4.51. The van der Waals surface area contributed by atoms with Gasteiger partial charge < -0.3 is 5.32 Å². The van der Waals surface area contributed by atoms with E-state index in [2.05, 4.69) is 27.2 Å². The zero-order valence-electron chi connectivity index (χ0n) is 17.8. The molecule has 10 heteroatoms. The summed E-state index contributed by atoms with van der Waals surface area (Å²) in [4.78, 5) is 42.3. The number of aliphatic imine (C=N–C) groups is 1. The fraction of sp³-hybridized carbons (Fsp3) is 0.364. The summed E-state index contributed by atoms with van der Waals surface area (Å²) < 4.78 is 0.976. The van der Waals surface area contributed by atoms with Gasteiger partial charge in [0.25, 0.3) is 5.91 Å². The molecule has 2 aromatic heterocycles. The maximum atomic E-state index is 12.4. The van der Waals surface area contributed by atoms with Gasteiger partial charge in [-0.05, 0) is 49.6 Å². The number of aryl methyl sites for hydroxylation is 2. The number of hydrogen-bond donors (Lipinski definition) is 1. The minimum absolute atomic E-state index is 0.126. The summed E-state index contributed by atoms with van der Waals surface area (Å²) in [6, 6.07) is 5.44. The highest BCUT2D eigenvalue weighted by molar-refractivity contribution is 8.15. The van der Waals surface area contributed by atoms with E-state index in [1.807, 2.05) is 30.8 Å². The van der Waals surface area contributed by atoms with Crippen LogP contribution in [0.15, 0.2) is 40.5 Å². The van der Waals surface area contributed by atoms with Gasteiger partial charge in [0.15, 0.2) is 5.17 Å². The second kappa shape index (κ2) is 10.5. The van der Waals surface area contributed by atoms with Crippen molar-refractivity contribution in [3.05, 3.63) is 47.0 Å². The first kappa shape index (κ1) is 22.9. The molecule has 3 aromatic rings. The molecule has 0 aliphatic carbocycles. The fourth-order valence-corrected chi connectivity index (χ4v) is 5.23. The summed E-state index contributed by atoms with van der Waals surface area (Å²) in [5, 5.41) is 4.02. The number of thiazole rings is 1. The SMILES string of the molecule is CSc1cnc(CC[C@H](C)CCc2nc3ccc(C(=O)N=C4NC(=O)CS4)cc3s2)nc1. The molecular formula is C22H23N5O2S3. The zero-order valence-corrected chi connectivity index (χ0v) is 20.3. The Kier molecular flexibility index (Phi) is 7.54. The van der Waals surface area contributed by atoms with Crippen molar-refractivity contribution >= 4 is 62.1 Å². The lowest BCUT2D eigenvalue weighted by Crippen LogP contribution is -2.21. The molecule has 166 valence electrons. The Bertz CT molecular complexity index is 1160. The van der Waals surface area contributed by atoms with Crippen molar-refractivity contribution in [1.82, 2.24) is 20.3 Å². The number of hydrogen-bond acceptors (Lipinski definition) is 8. The molecule has 1 atom stereocenters. The third-order valence-electron chi connectivity index (χ3n) is 5.10. The second-order valence-electron chi connectivity index (χ2n) is 7.57. The maximum Gasteiger partial charge on any atom is 0.279 e. The van der Waals surface area contributed by atoms with Crippen molar-refractivity contribution in [2.45, 2.75) is 37.5 Å². The predicted octanol–water partition coefficient (Wildman–Crippen LogP) is 4.37. The number of benzene rings is 1. The van der Waals surface area contributed by atoms with Crippen LogP contribution in [0.25, 0.3) is 10.2 Å². The maximum absolute atomic E-state index is 12.4. The monoisotopic (exact) mass is 485 g/mol. The summed E-state index contributed by atoms with van der Waals surface area (Å²) in [6.07, 6.45) is 9.64. The lowest BCUT2D eigenvalue weighted by Gasteiger charge is -2.09. The molecule has 1 N–H and O–H groups in total. The van der Waals surface area contributed by atoms with Gasteiger partial charge in [0.1, 0.15) is 5.82 Å². The van der Waals surface area contributed by atoms with E-state index in [9.17, 15) is 9.59 Å². The number of rotatable bonds is 8. The van der Waals surface area contributed by atoms with Crippen LogP contribution in [0.3, 0.4) is 0 Å². The molecule has 0 bridgehead atoms. The number of fused-ring (bicyclic) bond motifs is 1. The van der Waals surface area contributed by atoms with E-state index >= 15 is 0 Å². The molecule has 0 unspecified atom stereocenters. The smallest absolute Gasteiger partial charge is 0.279 e. The minimum atomic E-state index is -0.354. The van der Waals surface area contributed by atoms with Gasteiger partial charge in [0.05, 0.1) is 21.0 Å². The molecule has 7 nitrogen and oxygen atoms in total. The number of carbonyl (C=O) groups is 2. The molecule has 1 fully saturated rings. The topological polar surface area (TPSA) is 97.2 Å². The molecule has 32 heavy (non-hydrogen) atoms. The molecule has 1 aliphatic heterocycles. The molecule has 1 aromatic carbocycles. The average molecular weight is 486 g/mol. The van der Waals surface area contributed by atoms with Crippen molar-refractivity contribution in [3.8, 4) is 0 Å². The number of aromatic nitrogens is 3. The fourth-order valence-electron chi connectivity index (χ4n) is 3.22. The van der Waals surface area contributed by atoms with Gasteiger partial charge in [0, 0.05) is 29.3 Å². The molecule has 0 spiro atoms. The molecule has 0 saturated carbocycles. The van der Waals surface area contributed by atoms with Crippen LogP contribution >= 0.6 is 34.9 Å². The lowest BCUT2D eigenvalue weighted by atomic mass is 10.00. The average Bonchev–Trinajstić information content (AvgIpc) is 3.41. The highest BCUT2D eigenvalue weighted by atomic mass is 32.2. The van der Waals surface area contributed by atoms with E-state index in [0.29, 0.717) is 22.4 Å². The van der Waals surface area contributed by atoms with Crippen LogP contribution in [0.1, 0.15) is 41.0 Å². The van der Waals surface area contributed by atoms with Crippen molar-refractivity contribution in [1.29, 1.82) is 0 Å². The van der Waals surface area contributed by atoms with Crippen LogP contribution < -0.4 is 5.32 Å². The van der Waals surface area contributed by atoms with Gasteiger partial charge in [-0.2, -0.15) is 4.99 Å². The van der Waals surface area contributed by atoms with Crippen molar-refractivity contribution in [2.24, 2.45) is 10.9 Å². The van der Waals surface area contributed by atoms with Crippen molar-refractivity contribution < 1.29 is 9.59 Å². The number of amidine groups is 1. The van der Waals surface area contributed by atoms with E-state index in [-0.39, 0.29) is 11.8 Å². The van der Waals surface area contributed by atoms with Crippen LogP contribution in [0, 0.1) is 5.92 Å². The first-order valence-corrected chi connectivity index (χ1v) is 13.3. The summed E-state index contributed by atoms with van der Waals surface area (Å²) in [5.41, 5.74) is 1.40. The van der Waals surface area contributed by atoms with Crippen LogP contribution in [-0.2, 0) is 17.6 Å². The second-order valence-corrected chi connectivity index (χ2v) is 10.5. The number of nitrogens with one attached hydrogen (secondary N) is 1. The van der Waals surface area contributed by atoms with E-state index < -0.39 is 0 Å². The largest absolute Gasteiger partial charge is 0.304 e. The number of carbonyl (C=O) groups excluding carboxylic acids is 2. The molecular weight excluding hydrogens is 462 g/mol. The highest BCUT2D eigenvalue weighted by Crippen LogP contribution is 2.26. The molecule has 1 aliphatic rings. The van der Waals surface area contributed by atoms with Crippen molar-refractivity contribution in [2.75, 3.05) is 12.0 Å². The lowest BCUT2D eigenvalue weighted by molar-refractivity contribution is -0.116. The Hall–Kier alpha value is -2.30. The Morgan fingerprint density at radius 1 is 1.25 bits per heavy atom. The Morgan fingerprint density at radius 3 is 2.75 bits per heavy atom. The predicted molar refractivity (Wildman–Crippen MR) is 132 cm³/mol. The van der Waals surface area contributed by atoms with Gasteiger partial charge >= 0.3 is 0 Å². The van der Waals surface area contributed by atoms with E-state index in [1.165, 1.54) is 11.8 Å². The molecule has 4 rings (SSSR count). The highest BCUT2D eigenvalue weighted by Gasteiger charge is 2.18. The normalized spacial score (nSPS) is 15.9. The van der Waals surface area contributed by atoms with E-state index in [0.717, 1.165) is 51.6 Å². The summed E-state index contributed by atoms with van der Waals surface area (Å²) in [6.45, 7) is 2.25. The molecule has 3 heterocycles. The number of thioether (sulfide) groups is 2. The third-order valence-corrected chi connectivity index (χ3v) is 7.73. The summed E-state index contributed by atoms with van der Waals surface area (Å²) in [5.74, 6) is 1.26. The first-order valence-electron chi connectivity index (χ1n) is 10.3. The molecule has 2 amide bonds. The van der Waals surface area contributed by atoms with Gasteiger partial charge in [-0.1, -0.05) is 18.7 Å². The van der Waals surface area contributed by atoms with Gasteiger partial charge in [0.2, 0.25) is 5.91 Å². The first-order chi connectivity index (χ1) is 15.5. The third kappa shape index (κ3) is 5.93. The van der Waals surface area contributed by atoms with Crippen molar-refractivity contribution in [3.63, 3.8) is 0 Å². The zero-order chi connectivity index (χ0) is 22.5. The molecule has 1 saturated heterocycles. The van der Waals surface area contributed by atoms with Gasteiger partial charge in [-0.3, -0.25) is 9.59 Å². The van der Waals surface area contributed by atoms with Crippen LogP contribution in [0.4, 0.5) is 0 Å². The quantitative estimate of drug-likeness (QED) is 0.473. The van der Waals surface area contributed by atoms with Crippen LogP contribution in [-0.4, -0.2) is 43.9 Å². The van der Waals surface area contributed by atoms with Gasteiger partial charge in [-0.15, -0.1) is 23.1 Å². The van der Waals surface area contributed by atoms with E-state index in [4.69, 9.17) is 4.98 Å². The number of nitrogens with zero attached hydrogens (tertiary/aromatic N) is 4. The van der Waals surface area contributed by atoms with Gasteiger partial charge in [-0.25, -0.2) is 15.0 Å². The standard InChI is InChI=1S/C22H23N5O2S3/c1-13(3-7-18-23-10-15(30-2)11-24-18)4-8-20-25-16-6-5-14(9-17(16)32-20)21(29)27-22-26-19(28)12-31-22/h5-6,9-11,13H,3-4,7-8,12H2,1-2H3,(H,26,27,28,29)/t13-/m0/s1. The Balaban J connectivity index is 1.32. The van der Waals surface area contributed by atoms with Crippen LogP contribution in [0.2, 0.25) is 0 Å².